The van der Waals surface area contributed by atoms with Gasteiger partial charge in [0.2, 0.25) is 0 Å². The molecule has 0 spiro atoms. The summed E-state index contributed by atoms with van der Waals surface area (Å²) in [7, 11) is 1.53. The molecule has 0 aliphatic heterocycles. The lowest BCUT2D eigenvalue weighted by atomic mass is 10.1. The number of hydrogen-bond acceptors (Lipinski definition) is 5. The Balaban J connectivity index is 1.99. The zero-order chi connectivity index (χ0) is 20.0. The van der Waals surface area contributed by atoms with Crippen LogP contribution in [-0.4, -0.2) is 40.5 Å². The molecule has 8 heteroatoms. The first-order valence-corrected chi connectivity index (χ1v) is 8.30. The molecule has 1 aromatic heterocycles. The largest absolute Gasteiger partial charge is 0.493 e. The van der Waals surface area contributed by atoms with E-state index in [9.17, 15) is 14.7 Å². The first kappa shape index (κ1) is 20.0. The second kappa shape index (κ2) is 8.39. The maximum atomic E-state index is 12.1. The average molecular weight is 373 g/mol. The first-order valence-electron chi connectivity index (χ1n) is 8.30. The molecule has 0 saturated heterocycles. The van der Waals surface area contributed by atoms with Crippen molar-refractivity contribution in [3.05, 3.63) is 42.2 Å². The van der Waals surface area contributed by atoms with Gasteiger partial charge in [0.15, 0.2) is 23.6 Å². The molecule has 2 N–H and O–H groups in total. The molecule has 0 fully saturated rings. The Morgan fingerprint density at radius 2 is 2.07 bits per heavy atom. The number of nitrogens with one attached hydrogen (secondary N) is 1. The lowest BCUT2D eigenvalue weighted by molar-refractivity contribution is -0.146. The van der Waals surface area contributed by atoms with Gasteiger partial charge in [-0.3, -0.25) is 9.48 Å². The minimum absolute atomic E-state index is 0.229. The van der Waals surface area contributed by atoms with Crippen LogP contribution in [0.4, 0.5) is 5.69 Å². The summed E-state index contributed by atoms with van der Waals surface area (Å²) in [5.41, 5.74) is 0.120. The molecule has 144 valence electrons. The van der Waals surface area contributed by atoms with Crippen LogP contribution < -0.4 is 14.8 Å². The van der Waals surface area contributed by atoms with Gasteiger partial charge in [0.1, 0.15) is 0 Å². The van der Waals surface area contributed by atoms with Crippen molar-refractivity contribution >= 4 is 23.6 Å². The Morgan fingerprint density at radius 1 is 1.33 bits per heavy atom. The molecule has 27 heavy (non-hydrogen) atoms. The third kappa shape index (κ3) is 4.87. The molecule has 2 rings (SSSR count). The summed E-state index contributed by atoms with van der Waals surface area (Å²) >= 11 is 0. The quantitative estimate of drug-likeness (QED) is 0.738. The molecule has 0 unspecified atom stereocenters. The second-order valence-electron chi connectivity index (χ2n) is 6.28. The van der Waals surface area contributed by atoms with E-state index < -0.39 is 17.4 Å². The number of nitrogens with zero attached hydrogens (tertiary/aromatic N) is 2. The highest BCUT2D eigenvalue weighted by Crippen LogP contribution is 2.28. The third-order valence-corrected chi connectivity index (χ3v) is 3.87. The van der Waals surface area contributed by atoms with E-state index in [2.05, 4.69) is 10.4 Å². The van der Waals surface area contributed by atoms with Crippen molar-refractivity contribution in [2.45, 2.75) is 26.3 Å². The van der Waals surface area contributed by atoms with Crippen molar-refractivity contribution in [1.29, 1.82) is 0 Å². The molecule has 0 saturated carbocycles. The number of carboxylic acid groups (broad SMARTS) is 1. The Kier molecular flexibility index (Phi) is 6.23. The van der Waals surface area contributed by atoms with Gasteiger partial charge in [-0.25, -0.2) is 4.79 Å². The Hall–Kier alpha value is -3.29. The van der Waals surface area contributed by atoms with E-state index in [1.807, 2.05) is 31.2 Å². The number of ether oxygens (including phenoxy) is 2. The van der Waals surface area contributed by atoms with Gasteiger partial charge in [-0.15, -0.1) is 0 Å². The number of hydrogen-bond donors (Lipinski definition) is 2. The van der Waals surface area contributed by atoms with Crippen LogP contribution in [0.3, 0.4) is 0 Å². The molecule has 1 aromatic carbocycles. The second-order valence-corrected chi connectivity index (χ2v) is 6.28. The summed E-state index contributed by atoms with van der Waals surface area (Å²) in [4.78, 5) is 23.4. The summed E-state index contributed by atoms with van der Waals surface area (Å²) in [5.74, 6) is -0.458. The van der Waals surface area contributed by atoms with Crippen LogP contribution in [-0.2, 0) is 15.1 Å². The summed E-state index contributed by atoms with van der Waals surface area (Å²) in [6, 6.07) is 5.40. The fraction of sp³-hybridized carbons (Fsp3) is 0.316. The number of benzene rings is 1. The van der Waals surface area contributed by atoms with E-state index in [0.29, 0.717) is 17.2 Å². The highest BCUT2D eigenvalue weighted by Gasteiger charge is 2.30. The van der Waals surface area contributed by atoms with E-state index in [-0.39, 0.29) is 6.61 Å². The Bertz CT molecular complexity index is 855. The fourth-order valence-corrected chi connectivity index (χ4v) is 2.23. The Labute approximate surface area is 157 Å². The van der Waals surface area contributed by atoms with Crippen LogP contribution in [0.5, 0.6) is 11.5 Å². The number of carboxylic acids is 1. The smallest absolute Gasteiger partial charge is 0.331 e. The van der Waals surface area contributed by atoms with Gasteiger partial charge < -0.3 is 19.9 Å². The van der Waals surface area contributed by atoms with Crippen LogP contribution in [0.1, 0.15) is 26.3 Å². The summed E-state index contributed by atoms with van der Waals surface area (Å²) in [5, 5.41) is 15.8. The van der Waals surface area contributed by atoms with Crippen molar-refractivity contribution in [2.75, 3.05) is 19.0 Å². The van der Waals surface area contributed by atoms with Crippen molar-refractivity contribution in [3.8, 4) is 11.5 Å². The molecule has 2 aromatic rings. The molecule has 0 aliphatic rings. The number of methoxy groups -OCH3 is 1. The number of anilines is 1. The fourth-order valence-electron chi connectivity index (χ4n) is 2.23. The maximum absolute atomic E-state index is 12.1. The van der Waals surface area contributed by atoms with Crippen LogP contribution in [0.15, 0.2) is 36.7 Å². The maximum Gasteiger partial charge on any atom is 0.331 e. The predicted octanol–water partition coefficient (Wildman–Crippen LogP) is 2.76. The van der Waals surface area contributed by atoms with E-state index >= 15 is 0 Å². The predicted molar refractivity (Wildman–Crippen MR) is 101 cm³/mol. The highest BCUT2D eigenvalue weighted by molar-refractivity contribution is 5.91. The molecule has 8 nitrogen and oxygen atoms in total. The zero-order valence-electron chi connectivity index (χ0n) is 15.7. The SMILES string of the molecule is C/C=C/c1ccc(OCC(=O)Nc2cnn(C(C)(C)C(=O)O)c2)c(OC)c1. The van der Waals surface area contributed by atoms with Gasteiger partial charge in [0, 0.05) is 6.20 Å². The minimum atomic E-state index is -1.22. The van der Waals surface area contributed by atoms with Crippen molar-refractivity contribution in [1.82, 2.24) is 9.78 Å². The number of aliphatic carboxylic acids is 1. The van der Waals surface area contributed by atoms with Crippen molar-refractivity contribution < 1.29 is 24.2 Å². The van der Waals surface area contributed by atoms with Gasteiger partial charge in [-0.1, -0.05) is 18.2 Å². The zero-order valence-corrected chi connectivity index (χ0v) is 15.7. The van der Waals surface area contributed by atoms with Crippen LogP contribution in [0, 0.1) is 0 Å². The first-order chi connectivity index (χ1) is 12.8. The Morgan fingerprint density at radius 3 is 2.70 bits per heavy atom. The van der Waals surface area contributed by atoms with E-state index in [1.54, 1.807) is 6.07 Å². The normalized spacial score (nSPS) is 11.4. The standard InChI is InChI=1S/C19H23N3O5/c1-5-6-13-7-8-15(16(9-13)26-4)27-12-17(23)21-14-10-20-22(11-14)19(2,3)18(24)25/h5-11H,12H2,1-4H3,(H,21,23)(H,24,25)/b6-5+. The van der Waals surface area contributed by atoms with E-state index in [1.165, 1.54) is 38.0 Å². The molecular weight excluding hydrogens is 350 g/mol. The highest BCUT2D eigenvalue weighted by atomic mass is 16.5. The lowest BCUT2D eigenvalue weighted by Gasteiger charge is -2.19. The van der Waals surface area contributed by atoms with E-state index in [0.717, 1.165) is 5.56 Å². The molecule has 0 bridgehead atoms. The monoisotopic (exact) mass is 373 g/mol. The van der Waals surface area contributed by atoms with Gasteiger partial charge >= 0.3 is 5.97 Å². The number of carbonyl (C=O) groups excluding carboxylic acids is 1. The number of rotatable bonds is 8. The number of allylic oxidation sites excluding steroid dienone is 1. The molecule has 1 heterocycles. The average Bonchev–Trinajstić information content (AvgIpc) is 3.09. The number of amides is 1. The molecule has 0 atom stereocenters. The topological polar surface area (TPSA) is 103 Å². The third-order valence-electron chi connectivity index (χ3n) is 3.87. The lowest BCUT2D eigenvalue weighted by Crippen LogP contribution is -2.35. The summed E-state index contributed by atoms with van der Waals surface area (Å²) < 4.78 is 12.1. The van der Waals surface area contributed by atoms with Gasteiger partial charge in [-0.05, 0) is 38.5 Å². The number of aromatic nitrogens is 2. The summed E-state index contributed by atoms with van der Waals surface area (Å²) in [6.07, 6.45) is 6.68. The molecule has 0 aliphatic carbocycles. The van der Waals surface area contributed by atoms with Gasteiger partial charge in [0.25, 0.3) is 5.91 Å². The molecular formula is C19H23N3O5. The molecule has 0 radical (unpaired) electrons. The number of carbonyl (C=O) groups is 2. The van der Waals surface area contributed by atoms with Crippen LogP contribution in [0.2, 0.25) is 0 Å². The van der Waals surface area contributed by atoms with Crippen LogP contribution in [0.25, 0.3) is 6.08 Å². The van der Waals surface area contributed by atoms with E-state index in [4.69, 9.17) is 9.47 Å². The summed E-state index contributed by atoms with van der Waals surface area (Å²) in [6.45, 7) is 4.72. The van der Waals surface area contributed by atoms with Crippen LogP contribution >= 0.6 is 0 Å². The van der Waals surface area contributed by atoms with Crippen molar-refractivity contribution in [2.24, 2.45) is 0 Å². The van der Waals surface area contributed by atoms with Gasteiger partial charge in [0.05, 0.1) is 19.0 Å². The van der Waals surface area contributed by atoms with Crippen molar-refractivity contribution in [3.63, 3.8) is 0 Å². The van der Waals surface area contributed by atoms with Gasteiger partial charge in [-0.2, -0.15) is 5.10 Å². The molecule has 1 amide bonds. The minimum Gasteiger partial charge on any atom is -0.493 e.